The Labute approximate surface area is 179 Å². The van der Waals surface area contributed by atoms with Gasteiger partial charge in [0.15, 0.2) is 0 Å². The van der Waals surface area contributed by atoms with Gasteiger partial charge in [-0.15, -0.1) is 10.2 Å². The molecule has 1 amide bonds. The summed E-state index contributed by atoms with van der Waals surface area (Å²) < 4.78 is 5.52. The SMILES string of the molecule is CSCc1nnc(SCC(=O)N2CCN(Cc3cccc4ccccc34)CC2)o1. The summed E-state index contributed by atoms with van der Waals surface area (Å²) in [6, 6.07) is 15.0. The molecule has 2 aromatic carbocycles. The molecule has 0 atom stereocenters. The lowest BCUT2D eigenvalue weighted by atomic mass is 10.0. The molecular weight excluding hydrogens is 404 g/mol. The van der Waals surface area contributed by atoms with E-state index in [-0.39, 0.29) is 5.91 Å². The molecule has 0 unspecified atom stereocenters. The topological polar surface area (TPSA) is 62.5 Å². The van der Waals surface area contributed by atoms with Crippen LogP contribution in [0.4, 0.5) is 0 Å². The highest BCUT2D eigenvalue weighted by Crippen LogP contribution is 2.21. The molecule has 1 saturated heterocycles. The van der Waals surface area contributed by atoms with Crippen molar-refractivity contribution in [2.24, 2.45) is 0 Å². The standard InChI is InChI=1S/C21H24N4O2S2/c1-28-14-19-22-23-21(27-19)29-15-20(26)25-11-9-24(10-12-25)13-17-7-4-6-16-5-2-3-8-18(16)17/h2-8H,9-15H2,1H3. The maximum Gasteiger partial charge on any atom is 0.277 e. The summed E-state index contributed by atoms with van der Waals surface area (Å²) in [6.45, 7) is 4.20. The molecule has 1 aromatic heterocycles. The van der Waals surface area contributed by atoms with Crippen molar-refractivity contribution in [1.29, 1.82) is 0 Å². The number of carbonyl (C=O) groups excluding carboxylic acids is 1. The minimum atomic E-state index is 0.129. The molecule has 29 heavy (non-hydrogen) atoms. The third-order valence-electron chi connectivity index (χ3n) is 5.03. The van der Waals surface area contributed by atoms with Crippen molar-refractivity contribution in [3.05, 3.63) is 53.9 Å². The van der Waals surface area contributed by atoms with Crippen molar-refractivity contribution >= 4 is 40.2 Å². The number of amides is 1. The van der Waals surface area contributed by atoms with Crippen LogP contribution >= 0.6 is 23.5 Å². The number of aromatic nitrogens is 2. The molecule has 8 heteroatoms. The van der Waals surface area contributed by atoms with Crippen molar-refractivity contribution in [1.82, 2.24) is 20.0 Å². The molecule has 1 aliphatic rings. The van der Waals surface area contributed by atoms with Crippen LogP contribution in [0.15, 0.2) is 52.1 Å². The van der Waals surface area contributed by atoms with Crippen LogP contribution in [-0.4, -0.2) is 64.1 Å². The quantitative estimate of drug-likeness (QED) is 0.534. The molecule has 4 rings (SSSR count). The van der Waals surface area contributed by atoms with E-state index in [1.54, 1.807) is 11.8 Å². The summed E-state index contributed by atoms with van der Waals surface area (Å²) >= 11 is 2.95. The molecule has 0 bridgehead atoms. The molecule has 6 nitrogen and oxygen atoms in total. The highest BCUT2D eigenvalue weighted by Gasteiger charge is 2.22. The fourth-order valence-corrected chi connectivity index (χ4v) is 4.57. The van der Waals surface area contributed by atoms with Gasteiger partial charge >= 0.3 is 0 Å². The van der Waals surface area contributed by atoms with E-state index in [9.17, 15) is 4.79 Å². The molecule has 0 N–H and O–H groups in total. The van der Waals surface area contributed by atoms with E-state index >= 15 is 0 Å². The fraction of sp³-hybridized carbons (Fsp3) is 0.381. The fourth-order valence-electron chi connectivity index (χ4n) is 3.52. The Morgan fingerprint density at radius 1 is 1.07 bits per heavy atom. The number of piperazine rings is 1. The monoisotopic (exact) mass is 428 g/mol. The third-order valence-corrected chi connectivity index (χ3v) is 6.37. The van der Waals surface area contributed by atoms with Gasteiger partial charge in [0.25, 0.3) is 5.22 Å². The van der Waals surface area contributed by atoms with Crippen LogP contribution in [-0.2, 0) is 17.1 Å². The Hall–Kier alpha value is -2.03. The van der Waals surface area contributed by atoms with Crippen LogP contribution in [0.1, 0.15) is 11.5 Å². The van der Waals surface area contributed by atoms with Crippen LogP contribution in [0.25, 0.3) is 10.8 Å². The maximum absolute atomic E-state index is 12.5. The van der Waals surface area contributed by atoms with Crippen LogP contribution in [0.2, 0.25) is 0 Å². The summed E-state index contributed by atoms with van der Waals surface area (Å²) in [5.74, 6) is 1.77. The first-order valence-corrected chi connectivity index (χ1v) is 12.0. The Morgan fingerprint density at radius 3 is 2.69 bits per heavy atom. The summed E-state index contributed by atoms with van der Waals surface area (Å²) in [7, 11) is 0. The van der Waals surface area contributed by atoms with E-state index in [0.717, 1.165) is 32.7 Å². The number of nitrogens with zero attached hydrogens (tertiary/aromatic N) is 4. The van der Waals surface area contributed by atoms with Crippen molar-refractivity contribution in [2.75, 3.05) is 38.2 Å². The van der Waals surface area contributed by atoms with E-state index in [0.29, 0.717) is 22.6 Å². The van der Waals surface area contributed by atoms with E-state index in [1.807, 2.05) is 11.2 Å². The molecule has 1 fully saturated rings. The Morgan fingerprint density at radius 2 is 1.86 bits per heavy atom. The molecule has 152 valence electrons. The third kappa shape index (κ3) is 5.12. The summed E-state index contributed by atoms with van der Waals surface area (Å²) in [6.07, 6.45) is 1.99. The predicted octanol–water partition coefficient (Wildman–Crippen LogP) is 3.52. The summed E-state index contributed by atoms with van der Waals surface area (Å²) in [5.41, 5.74) is 1.34. The van der Waals surface area contributed by atoms with Gasteiger partial charge in [-0.05, 0) is 22.6 Å². The van der Waals surface area contributed by atoms with E-state index < -0.39 is 0 Å². The van der Waals surface area contributed by atoms with Crippen molar-refractivity contribution in [2.45, 2.75) is 17.5 Å². The molecule has 0 radical (unpaired) electrons. The second-order valence-electron chi connectivity index (χ2n) is 6.98. The molecule has 1 aliphatic heterocycles. The lowest BCUT2D eigenvalue weighted by molar-refractivity contribution is -0.130. The second kappa shape index (κ2) is 9.65. The van der Waals surface area contributed by atoms with Gasteiger partial charge in [0.05, 0.1) is 11.5 Å². The zero-order chi connectivity index (χ0) is 20.1. The number of fused-ring (bicyclic) bond motifs is 1. The van der Waals surface area contributed by atoms with Crippen molar-refractivity contribution in [3.63, 3.8) is 0 Å². The number of thioether (sulfide) groups is 2. The number of benzene rings is 2. The van der Waals surface area contributed by atoms with E-state index in [1.165, 1.54) is 28.1 Å². The zero-order valence-corrected chi connectivity index (χ0v) is 18.0. The Kier molecular flexibility index (Phi) is 6.74. The molecule has 0 aliphatic carbocycles. The minimum absolute atomic E-state index is 0.129. The van der Waals surface area contributed by atoms with Gasteiger partial charge in [-0.2, -0.15) is 11.8 Å². The molecule has 0 spiro atoms. The van der Waals surface area contributed by atoms with Gasteiger partial charge in [0.1, 0.15) is 0 Å². The van der Waals surface area contributed by atoms with Gasteiger partial charge in [0.2, 0.25) is 11.8 Å². The lowest BCUT2D eigenvalue weighted by Crippen LogP contribution is -2.48. The van der Waals surface area contributed by atoms with Crippen molar-refractivity contribution in [3.8, 4) is 0 Å². The van der Waals surface area contributed by atoms with Crippen LogP contribution in [0, 0.1) is 0 Å². The number of rotatable bonds is 7. The Balaban J connectivity index is 1.27. The minimum Gasteiger partial charge on any atom is -0.415 e. The first-order valence-electron chi connectivity index (χ1n) is 9.64. The Bertz CT molecular complexity index is 965. The van der Waals surface area contributed by atoms with E-state index in [4.69, 9.17) is 4.42 Å². The van der Waals surface area contributed by atoms with Gasteiger partial charge in [-0.25, -0.2) is 0 Å². The number of hydrogen-bond donors (Lipinski definition) is 0. The van der Waals surface area contributed by atoms with Crippen LogP contribution in [0.3, 0.4) is 0 Å². The van der Waals surface area contributed by atoms with Gasteiger partial charge < -0.3 is 9.32 Å². The summed E-state index contributed by atoms with van der Waals surface area (Å²) in [4.78, 5) is 16.9. The smallest absolute Gasteiger partial charge is 0.277 e. The van der Waals surface area contributed by atoms with Gasteiger partial charge in [-0.3, -0.25) is 9.69 Å². The molecule has 2 heterocycles. The largest absolute Gasteiger partial charge is 0.415 e. The summed E-state index contributed by atoms with van der Waals surface area (Å²) in [5, 5.41) is 11.0. The number of carbonyl (C=O) groups is 1. The van der Waals surface area contributed by atoms with Crippen LogP contribution < -0.4 is 0 Å². The number of hydrogen-bond acceptors (Lipinski definition) is 7. The maximum atomic E-state index is 12.5. The average molecular weight is 429 g/mol. The van der Waals surface area contributed by atoms with Crippen LogP contribution in [0.5, 0.6) is 0 Å². The molecule has 0 saturated carbocycles. The highest BCUT2D eigenvalue weighted by atomic mass is 32.2. The lowest BCUT2D eigenvalue weighted by Gasteiger charge is -2.34. The first kappa shape index (κ1) is 20.3. The molecule has 3 aromatic rings. The highest BCUT2D eigenvalue weighted by molar-refractivity contribution is 7.99. The predicted molar refractivity (Wildman–Crippen MR) is 118 cm³/mol. The van der Waals surface area contributed by atoms with Gasteiger partial charge in [-0.1, -0.05) is 54.2 Å². The first-order chi connectivity index (χ1) is 14.2. The average Bonchev–Trinajstić information content (AvgIpc) is 3.21. The van der Waals surface area contributed by atoms with Gasteiger partial charge in [0, 0.05) is 32.7 Å². The normalized spacial score (nSPS) is 15.1. The van der Waals surface area contributed by atoms with E-state index in [2.05, 4.69) is 57.6 Å². The second-order valence-corrected chi connectivity index (χ2v) is 8.77. The zero-order valence-electron chi connectivity index (χ0n) is 16.4. The van der Waals surface area contributed by atoms with Crippen molar-refractivity contribution < 1.29 is 9.21 Å². The molecular formula is C21H24N4O2S2.